The summed E-state index contributed by atoms with van der Waals surface area (Å²) in [5.41, 5.74) is 4.06. The molecule has 10 nitrogen and oxygen atoms in total. The second-order valence-electron chi connectivity index (χ2n) is 12.3. The Morgan fingerprint density at radius 1 is 1.00 bits per heavy atom. The van der Waals surface area contributed by atoms with Gasteiger partial charge in [0.2, 0.25) is 5.79 Å². The molecule has 13 heteroatoms. The Bertz CT molecular complexity index is 1890. The van der Waals surface area contributed by atoms with Gasteiger partial charge in [-0.05, 0) is 74.0 Å². The molecule has 3 unspecified atom stereocenters. The second kappa shape index (κ2) is 14.9. The lowest BCUT2D eigenvalue weighted by Crippen LogP contribution is -2.46. The third-order valence-corrected chi connectivity index (χ3v) is 10.4. The Hall–Kier alpha value is -3.87. The van der Waals surface area contributed by atoms with Gasteiger partial charge in [0.1, 0.15) is 37.7 Å². The number of thiazole rings is 1. The van der Waals surface area contributed by atoms with Crippen LogP contribution in [0.5, 0.6) is 5.75 Å². The first-order valence-corrected chi connectivity index (χ1v) is 18.2. The fourth-order valence-electron chi connectivity index (χ4n) is 6.19. The van der Waals surface area contributed by atoms with Crippen molar-refractivity contribution < 1.29 is 14.2 Å². The number of anilines is 2. The highest BCUT2D eigenvalue weighted by molar-refractivity contribution is 7.07. The molecular weight excluding hydrogens is 681 g/mol. The van der Waals surface area contributed by atoms with E-state index in [4.69, 9.17) is 42.4 Å². The summed E-state index contributed by atoms with van der Waals surface area (Å²) in [4.78, 5) is 14.8. The number of piperazine rings is 1. The molecule has 2 aromatic heterocycles. The number of rotatable bonds is 11. The molecule has 5 aromatic rings. The van der Waals surface area contributed by atoms with Crippen LogP contribution in [0, 0.1) is 0 Å². The second-order valence-corrected chi connectivity index (χ2v) is 14.0. The number of benzene rings is 3. The number of nitrogens with zero attached hydrogens (tertiary/aromatic N) is 7. The van der Waals surface area contributed by atoms with Gasteiger partial charge in [0.05, 0.1) is 17.3 Å². The maximum absolute atomic E-state index is 6.59. The summed E-state index contributed by atoms with van der Waals surface area (Å²) >= 11 is 14.4. The zero-order valence-electron chi connectivity index (χ0n) is 27.5. The van der Waals surface area contributed by atoms with Crippen molar-refractivity contribution in [3.8, 4) is 5.75 Å². The maximum Gasteiger partial charge on any atom is 0.217 e. The van der Waals surface area contributed by atoms with E-state index >= 15 is 0 Å². The van der Waals surface area contributed by atoms with Crippen molar-refractivity contribution in [2.45, 2.75) is 44.7 Å². The van der Waals surface area contributed by atoms with Gasteiger partial charge in [0.15, 0.2) is 4.80 Å². The van der Waals surface area contributed by atoms with Gasteiger partial charge in [-0.3, -0.25) is 0 Å². The van der Waals surface area contributed by atoms with E-state index in [0.29, 0.717) is 34.9 Å². The highest BCUT2D eigenvalue weighted by atomic mass is 35.5. The first-order chi connectivity index (χ1) is 23.9. The van der Waals surface area contributed by atoms with Gasteiger partial charge in [-0.15, -0.1) is 11.3 Å². The van der Waals surface area contributed by atoms with Crippen molar-refractivity contribution in [1.29, 1.82) is 0 Å². The molecule has 0 radical (unpaired) electrons. The van der Waals surface area contributed by atoms with Gasteiger partial charge in [-0.2, -0.15) is 5.10 Å². The summed E-state index contributed by atoms with van der Waals surface area (Å²) in [6, 6.07) is 22.6. The van der Waals surface area contributed by atoms with E-state index in [1.165, 1.54) is 17.7 Å². The molecule has 49 heavy (non-hydrogen) atoms. The van der Waals surface area contributed by atoms with Crippen LogP contribution >= 0.6 is 34.5 Å². The van der Waals surface area contributed by atoms with Crippen molar-refractivity contribution in [2.24, 2.45) is 4.99 Å². The molecule has 0 amide bonds. The molecule has 2 saturated heterocycles. The average molecular weight is 721 g/mol. The lowest BCUT2D eigenvalue weighted by atomic mass is 10.1. The van der Waals surface area contributed by atoms with E-state index in [1.807, 2.05) is 18.2 Å². The van der Waals surface area contributed by atoms with E-state index in [0.717, 1.165) is 48.8 Å². The van der Waals surface area contributed by atoms with Crippen LogP contribution in [0.1, 0.15) is 31.9 Å². The van der Waals surface area contributed by atoms with E-state index in [1.54, 1.807) is 34.5 Å². The van der Waals surface area contributed by atoms with Crippen LogP contribution in [-0.4, -0.2) is 64.8 Å². The summed E-state index contributed by atoms with van der Waals surface area (Å²) in [7, 11) is 0. The molecule has 256 valence electrons. The molecule has 4 heterocycles. The lowest BCUT2D eigenvalue weighted by molar-refractivity contribution is -0.190. The summed E-state index contributed by atoms with van der Waals surface area (Å²) in [6.07, 6.45) is 5.98. The van der Waals surface area contributed by atoms with Gasteiger partial charge in [0, 0.05) is 65.8 Å². The normalized spacial score (nSPS) is 20.6. The molecular formula is C36H39Cl2N7O3S. The van der Waals surface area contributed by atoms with Gasteiger partial charge in [-0.25, -0.2) is 14.7 Å². The topological polar surface area (TPSA) is 82.2 Å². The Morgan fingerprint density at radius 2 is 1.71 bits per heavy atom. The van der Waals surface area contributed by atoms with E-state index in [9.17, 15) is 0 Å². The summed E-state index contributed by atoms with van der Waals surface area (Å²) < 4.78 is 22.8. The Morgan fingerprint density at radius 3 is 2.37 bits per heavy atom. The molecule has 0 aliphatic carbocycles. The standard InChI is InChI=1S/C36H39Cl2N7O3S/c1-3-26(2)45-18-19-49-35(45)41-28-5-7-29(8-6-28)42-14-16-43(17-15-42)30-9-11-31(12-10-30)46-21-32-22-47-36(48-32,23-44-25-39-24-40-44)33-13-4-27(37)20-34(33)38/h4-13,18-20,24-26,32H,3,14-17,21-23H2,1-2H3/b41-35+. The van der Waals surface area contributed by atoms with Crippen LogP contribution in [0.3, 0.4) is 0 Å². The van der Waals surface area contributed by atoms with Crippen molar-refractivity contribution in [2.75, 3.05) is 49.2 Å². The number of ether oxygens (including phenoxy) is 3. The van der Waals surface area contributed by atoms with Crippen LogP contribution in [0.2, 0.25) is 10.0 Å². The van der Waals surface area contributed by atoms with Crippen molar-refractivity contribution in [1.82, 2.24) is 19.3 Å². The van der Waals surface area contributed by atoms with Gasteiger partial charge >= 0.3 is 0 Å². The number of halogens is 2. The molecule has 3 aromatic carbocycles. The highest BCUT2D eigenvalue weighted by Gasteiger charge is 2.45. The van der Waals surface area contributed by atoms with Crippen molar-refractivity contribution in [3.05, 3.63) is 111 Å². The van der Waals surface area contributed by atoms with E-state index in [-0.39, 0.29) is 12.6 Å². The Balaban J connectivity index is 0.923. The van der Waals surface area contributed by atoms with Crippen LogP contribution in [-0.2, 0) is 21.8 Å². The molecule has 2 aliphatic rings. The molecule has 2 fully saturated rings. The van der Waals surface area contributed by atoms with Gasteiger partial charge < -0.3 is 28.6 Å². The molecule has 0 bridgehead atoms. The molecule has 7 rings (SSSR count). The molecule has 0 spiro atoms. The smallest absolute Gasteiger partial charge is 0.217 e. The summed E-state index contributed by atoms with van der Waals surface area (Å²) in [6.45, 7) is 9.13. The van der Waals surface area contributed by atoms with Crippen molar-refractivity contribution >= 4 is 51.6 Å². The SMILES string of the molecule is CCC(C)n1ccs/c1=N/c1ccc(N2CCN(c3ccc(OCC4COC(Cn5cncn5)(c5ccc(Cl)cc5Cl)O4)cc3)CC2)cc1. The van der Waals surface area contributed by atoms with Crippen LogP contribution in [0.25, 0.3) is 0 Å². The van der Waals surface area contributed by atoms with E-state index in [2.05, 4.69) is 86.3 Å². The predicted molar refractivity (Wildman–Crippen MR) is 194 cm³/mol. The third kappa shape index (κ3) is 7.66. The Kier molecular flexibility index (Phi) is 10.2. The van der Waals surface area contributed by atoms with Crippen LogP contribution in [0.4, 0.5) is 17.1 Å². The predicted octanol–water partition coefficient (Wildman–Crippen LogP) is 7.33. The first kappa shape index (κ1) is 33.6. The average Bonchev–Trinajstić information content (AvgIpc) is 3.90. The van der Waals surface area contributed by atoms with Crippen LogP contribution < -0.4 is 19.3 Å². The fraction of sp³-hybridized carbons (Fsp3) is 0.361. The van der Waals surface area contributed by atoms with Crippen molar-refractivity contribution in [3.63, 3.8) is 0 Å². The lowest BCUT2D eigenvalue weighted by Gasteiger charge is -2.37. The minimum atomic E-state index is -1.15. The largest absolute Gasteiger partial charge is 0.491 e. The molecule has 2 aliphatic heterocycles. The quantitative estimate of drug-likeness (QED) is 0.141. The van der Waals surface area contributed by atoms with Crippen LogP contribution in [0.15, 0.2) is 96.0 Å². The number of aromatic nitrogens is 4. The highest BCUT2D eigenvalue weighted by Crippen LogP contribution is 2.40. The number of hydrogen-bond acceptors (Lipinski definition) is 9. The van der Waals surface area contributed by atoms with Gasteiger partial charge in [0.25, 0.3) is 0 Å². The molecule has 3 atom stereocenters. The zero-order valence-corrected chi connectivity index (χ0v) is 29.8. The third-order valence-electron chi connectivity index (χ3n) is 9.08. The Labute approximate surface area is 300 Å². The molecule has 0 N–H and O–H groups in total. The maximum atomic E-state index is 6.59. The monoisotopic (exact) mass is 719 g/mol. The van der Waals surface area contributed by atoms with E-state index < -0.39 is 5.79 Å². The minimum absolute atomic E-state index is 0.280. The summed E-state index contributed by atoms with van der Waals surface area (Å²) in [5, 5.41) is 7.34. The first-order valence-electron chi connectivity index (χ1n) is 16.5. The molecule has 0 saturated carbocycles. The zero-order chi connectivity index (χ0) is 33.8. The fourth-order valence-corrected chi connectivity index (χ4v) is 7.58. The minimum Gasteiger partial charge on any atom is -0.491 e. The van der Waals surface area contributed by atoms with Gasteiger partial charge in [-0.1, -0.05) is 36.2 Å². The summed E-state index contributed by atoms with van der Waals surface area (Å²) in [5.74, 6) is -0.375. The number of hydrogen-bond donors (Lipinski definition) is 0.